The van der Waals surface area contributed by atoms with Crippen molar-refractivity contribution in [1.82, 2.24) is 14.6 Å². The van der Waals surface area contributed by atoms with Gasteiger partial charge in [0.25, 0.3) is 5.91 Å². The first-order chi connectivity index (χ1) is 15.8. The molecule has 4 aromatic rings. The van der Waals surface area contributed by atoms with Crippen LogP contribution in [0.25, 0.3) is 16.9 Å². The van der Waals surface area contributed by atoms with E-state index >= 15 is 0 Å². The Morgan fingerprint density at radius 3 is 2.58 bits per heavy atom. The van der Waals surface area contributed by atoms with Crippen molar-refractivity contribution in [2.75, 3.05) is 19.2 Å². The summed E-state index contributed by atoms with van der Waals surface area (Å²) in [5.74, 6) is 0.858. The topological polar surface area (TPSA) is 87.0 Å². The molecule has 1 N–H and O–H groups in total. The maximum atomic E-state index is 13.8. The molecular formula is C22H15F3N4O4. The van der Waals surface area contributed by atoms with Crippen molar-refractivity contribution in [2.24, 2.45) is 0 Å². The van der Waals surface area contributed by atoms with E-state index in [2.05, 4.69) is 15.4 Å². The number of anilines is 1. The third kappa shape index (κ3) is 3.77. The van der Waals surface area contributed by atoms with Crippen LogP contribution in [0.1, 0.15) is 16.1 Å². The van der Waals surface area contributed by atoms with Gasteiger partial charge >= 0.3 is 6.18 Å². The minimum absolute atomic E-state index is 0.0371. The molecule has 8 nitrogen and oxygen atoms in total. The molecule has 0 atom stereocenters. The number of methoxy groups -OCH3 is 1. The molecule has 0 bridgehead atoms. The summed E-state index contributed by atoms with van der Waals surface area (Å²) >= 11 is 0. The smallest absolute Gasteiger partial charge is 0.433 e. The molecule has 2 aromatic heterocycles. The number of halogens is 3. The molecular weight excluding hydrogens is 441 g/mol. The number of ether oxygens (including phenoxy) is 3. The number of rotatable bonds is 4. The highest BCUT2D eigenvalue weighted by Gasteiger charge is 2.36. The van der Waals surface area contributed by atoms with Gasteiger partial charge in [0.1, 0.15) is 11.3 Å². The van der Waals surface area contributed by atoms with Crippen LogP contribution in [-0.2, 0) is 6.18 Å². The first-order valence-corrected chi connectivity index (χ1v) is 9.65. The number of hydrogen-bond acceptors (Lipinski definition) is 6. The minimum atomic E-state index is -4.72. The van der Waals surface area contributed by atoms with Crippen LogP contribution >= 0.6 is 0 Å². The lowest BCUT2D eigenvalue weighted by Crippen LogP contribution is -2.15. The van der Waals surface area contributed by atoms with Gasteiger partial charge in [0, 0.05) is 17.3 Å². The van der Waals surface area contributed by atoms with Gasteiger partial charge < -0.3 is 19.5 Å². The Labute approximate surface area is 184 Å². The highest BCUT2D eigenvalue weighted by molar-refractivity contribution is 6.08. The van der Waals surface area contributed by atoms with E-state index in [1.54, 1.807) is 42.5 Å². The Bertz CT molecular complexity index is 1370. The second-order valence-electron chi connectivity index (χ2n) is 7.07. The third-order valence-corrected chi connectivity index (χ3v) is 5.02. The summed E-state index contributed by atoms with van der Waals surface area (Å²) in [7, 11) is 1.48. The number of fused-ring (bicyclic) bond motifs is 2. The van der Waals surface area contributed by atoms with Crippen molar-refractivity contribution in [2.45, 2.75) is 6.18 Å². The number of hydrogen-bond donors (Lipinski definition) is 1. The molecule has 1 aliphatic heterocycles. The Kier molecular flexibility index (Phi) is 4.81. The third-order valence-electron chi connectivity index (χ3n) is 5.02. The average Bonchev–Trinajstić information content (AvgIpc) is 3.44. The van der Waals surface area contributed by atoms with E-state index in [9.17, 15) is 18.0 Å². The number of alkyl halides is 3. The van der Waals surface area contributed by atoms with Gasteiger partial charge in [-0.1, -0.05) is 0 Å². The monoisotopic (exact) mass is 456 g/mol. The van der Waals surface area contributed by atoms with Crippen molar-refractivity contribution < 1.29 is 32.2 Å². The maximum absolute atomic E-state index is 13.8. The van der Waals surface area contributed by atoms with Crippen molar-refractivity contribution >= 4 is 17.2 Å². The molecule has 0 radical (unpaired) electrons. The van der Waals surface area contributed by atoms with E-state index in [0.29, 0.717) is 33.0 Å². The summed E-state index contributed by atoms with van der Waals surface area (Å²) in [5, 5.41) is 6.41. The molecule has 5 rings (SSSR count). The summed E-state index contributed by atoms with van der Waals surface area (Å²) < 4.78 is 57.6. The number of carbonyl (C=O) groups is 1. The van der Waals surface area contributed by atoms with Gasteiger partial charge in [0.05, 0.1) is 19.0 Å². The van der Waals surface area contributed by atoms with Crippen LogP contribution in [0, 0.1) is 0 Å². The number of carbonyl (C=O) groups excluding carboxylic acids is 1. The van der Waals surface area contributed by atoms with Crippen molar-refractivity contribution in [1.29, 1.82) is 0 Å². The number of benzene rings is 2. The van der Waals surface area contributed by atoms with E-state index in [1.165, 1.54) is 7.11 Å². The van der Waals surface area contributed by atoms with E-state index < -0.39 is 17.8 Å². The molecule has 1 amide bonds. The van der Waals surface area contributed by atoms with E-state index in [1.807, 2.05) is 0 Å². The van der Waals surface area contributed by atoms with Gasteiger partial charge in [-0.3, -0.25) is 4.79 Å². The summed E-state index contributed by atoms with van der Waals surface area (Å²) in [6, 6.07) is 12.0. The molecule has 0 spiro atoms. The molecule has 33 heavy (non-hydrogen) atoms. The Morgan fingerprint density at radius 1 is 1.09 bits per heavy atom. The molecule has 1 aliphatic rings. The van der Waals surface area contributed by atoms with Gasteiger partial charge in [-0.25, -0.2) is 9.50 Å². The zero-order valence-electron chi connectivity index (χ0n) is 17.0. The maximum Gasteiger partial charge on any atom is 0.433 e. The van der Waals surface area contributed by atoms with Gasteiger partial charge in [0.2, 0.25) is 6.79 Å². The highest BCUT2D eigenvalue weighted by Crippen LogP contribution is 2.35. The molecule has 2 aromatic carbocycles. The van der Waals surface area contributed by atoms with Gasteiger partial charge in [-0.2, -0.15) is 18.3 Å². The number of nitrogens with one attached hydrogen (secondary N) is 1. The summed E-state index contributed by atoms with van der Waals surface area (Å²) in [5.41, 5.74) is -0.559. The minimum Gasteiger partial charge on any atom is -0.497 e. The number of amides is 1. The van der Waals surface area contributed by atoms with Gasteiger partial charge in [-0.05, 0) is 42.5 Å². The largest absolute Gasteiger partial charge is 0.497 e. The zero-order chi connectivity index (χ0) is 23.2. The van der Waals surface area contributed by atoms with Gasteiger partial charge in [-0.15, -0.1) is 0 Å². The molecule has 0 saturated heterocycles. The van der Waals surface area contributed by atoms with Crippen LogP contribution in [0.2, 0.25) is 0 Å². The molecule has 0 saturated carbocycles. The van der Waals surface area contributed by atoms with Crippen molar-refractivity contribution in [3.8, 4) is 28.5 Å². The standard InChI is InChI=1S/C22H15F3N4O4/c1-31-14-5-2-12(3-6-14)16-9-19(22(23,24)25)29-20(28-16)15(10-26-29)21(30)27-13-4-7-17-18(8-13)33-11-32-17/h2-10H,11H2,1H3,(H,27,30). The fourth-order valence-corrected chi connectivity index (χ4v) is 3.41. The van der Waals surface area contributed by atoms with E-state index in [4.69, 9.17) is 14.2 Å². The van der Waals surface area contributed by atoms with Crippen LogP contribution in [0.3, 0.4) is 0 Å². The first kappa shape index (κ1) is 20.6. The SMILES string of the molecule is COc1ccc(-c2cc(C(F)(F)F)n3ncc(C(=O)Nc4ccc5c(c4)OCO5)c3n2)cc1. The molecule has 0 fully saturated rings. The van der Waals surface area contributed by atoms with Crippen LogP contribution in [0.4, 0.5) is 18.9 Å². The summed E-state index contributed by atoms with van der Waals surface area (Å²) in [6.07, 6.45) is -3.67. The predicted molar refractivity (Wildman–Crippen MR) is 110 cm³/mol. The zero-order valence-corrected chi connectivity index (χ0v) is 17.0. The Morgan fingerprint density at radius 2 is 1.85 bits per heavy atom. The lowest BCUT2D eigenvalue weighted by atomic mass is 10.1. The Balaban J connectivity index is 1.57. The lowest BCUT2D eigenvalue weighted by molar-refractivity contribution is -0.142. The average molecular weight is 456 g/mol. The molecule has 168 valence electrons. The quantitative estimate of drug-likeness (QED) is 0.490. The summed E-state index contributed by atoms with van der Waals surface area (Å²) in [6.45, 7) is 0.0685. The molecule has 0 unspecified atom stereocenters. The summed E-state index contributed by atoms with van der Waals surface area (Å²) in [4.78, 5) is 17.2. The van der Waals surface area contributed by atoms with Crippen LogP contribution in [0.15, 0.2) is 54.7 Å². The van der Waals surface area contributed by atoms with Crippen LogP contribution in [-0.4, -0.2) is 34.4 Å². The fraction of sp³-hybridized carbons (Fsp3) is 0.136. The highest BCUT2D eigenvalue weighted by atomic mass is 19.4. The van der Waals surface area contributed by atoms with Crippen molar-refractivity contribution in [3.05, 3.63) is 66.0 Å². The van der Waals surface area contributed by atoms with Crippen LogP contribution < -0.4 is 19.5 Å². The second kappa shape index (κ2) is 7.69. The predicted octanol–water partition coefficient (Wildman–Crippen LogP) is 4.40. The van der Waals surface area contributed by atoms with Crippen molar-refractivity contribution in [3.63, 3.8) is 0 Å². The molecule has 11 heteroatoms. The number of aromatic nitrogens is 3. The van der Waals surface area contributed by atoms with Crippen LogP contribution in [0.5, 0.6) is 17.2 Å². The molecule has 0 aliphatic carbocycles. The lowest BCUT2D eigenvalue weighted by Gasteiger charge is -2.12. The molecule has 3 heterocycles. The number of nitrogens with zero attached hydrogens (tertiary/aromatic N) is 3. The van der Waals surface area contributed by atoms with E-state index in [-0.39, 0.29) is 23.7 Å². The Hall–Kier alpha value is -4.28. The normalized spacial score (nSPS) is 12.7. The van der Waals surface area contributed by atoms with E-state index in [0.717, 1.165) is 12.3 Å². The fourth-order valence-electron chi connectivity index (χ4n) is 3.41. The first-order valence-electron chi connectivity index (χ1n) is 9.65. The second-order valence-corrected chi connectivity index (χ2v) is 7.07. The van der Waals surface area contributed by atoms with Gasteiger partial charge in [0.15, 0.2) is 22.8 Å².